The number of carbonyl (C=O) groups is 2. The first-order chi connectivity index (χ1) is 21.8. The SMILES string of the molecule is CCCCCCCCCCC#CC#CCCCCCCCCC(=O)OCC1OC(NC(=O)C(N)CCCCN)C(O)C(O)C1O. The Bertz CT molecular complexity index is 910. The van der Waals surface area contributed by atoms with E-state index in [0.29, 0.717) is 25.8 Å². The molecule has 0 aromatic rings. The van der Waals surface area contributed by atoms with Crippen molar-refractivity contribution in [3.63, 3.8) is 0 Å². The van der Waals surface area contributed by atoms with Gasteiger partial charge in [0, 0.05) is 19.3 Å². The van der Waals surface area contributed by atoms with Crippen molar-refractivity contribution in [3.05, 3.63) is 0 Å². The molecule has 1 rings (SSSR count). The average molecular weight is 636 g/mol. The van der Waals surface area contributed by atoms with Crippen LogP contribution in [0.25, 0.3) is 0 Å². The Labute approximate surface area is 271 Å². The van der Waals surface area contributed by atoms with Gasteiger partial charge in [-0.1, -0.05) is 95.8 Å². The van der Waals surface area contributed by atoms with Crippen LogP contribution in [0.2, 0.25) is 0 Å². The van der Waals surface area contributed by atoms with Crippen molar-refractivity contribution in [1.29, 1.82) is 0 Å². The van der Waals surface area contributed by atoms with Crippen LogP contribution in [0.4, 0.5) is 0 Å². The molecule has 1 aliphatic rings. The van der Waals surface area contributed by atoms with Gasteiger partial charge < -0.3 is 41.6 Å². The van der Waals surface area contributed by atoms with E-state index < -0.39 is 48.6 Å². The molecule has 1 saturated heterocycles. The summed E-state index contributed by atoms with van der Waals surface area (Å²) in [5, 5.41) is 33.2. The second kappa shape index (κ2) is 27.0. The molecule has 0 aromatic carbocycles. The summed E-state index contributed by atoms with van der Waals surface area (Å²) in [7, 11) is 0. The number of aliphatic hydroxyl groups excluding tert-OH is 3. The average Bonchev–Trinajstić information content (AvgIpc) is 3.03. The van der Waals surface area contributed by atoms with Crippen molar-refractivity contribution in [1.82, 2.24) is 5.32 Å². The van der Waals surface area contributed by atoms with E-state index in [4.69, 9.17) is 20.9 Å². The molecule has 1 heterocycles. The first-order valence-electron chi connectivity index (χ1n) is 17.4. The number of aliphatic hydroxyl groups is 3. The third-order valence-corrected chi connectivity index (χ3v) is 8.04. The molecule has 0 radical (unpaired) electrons. The molecule has 8 N–H and O–H groups in total. The molecule has 258 valence electrons. The monoisotopic (exact) mass is 635 g/mol. The van der Waals surface area contributed by atoms with E-state index in [0.717, 1.165) is 51.4 Å². The zero-order valence-electron chi connectivity index (χ0n) is 27.6. The number of nitrogens with two attached hydrogens (primary N) is 2. The first-order valence-corrected chi connectivity index (χ1v) is 17.4. The molecule has 0 spiro atoms. The molecule has 45 heavy (non-hydrogen) atoms. The third-order valence-electron chi connectivity index (χ3n) is 8.04. The van der Waals surface area contributed by atoms with Gasteiger partial charge in [0.05, 0.1) is 6.04 Å². The minimum absolute atomic E-state index is 0.231. The molecule has 0 saturated carbocycles. The van der Waals surface area contributed by atoms with Crippen molar-refractivity contribution in [3.8, 4) is 23.7 Å². The van der Waals surface area contributed by atoms with E-state index in [2.05, 4.69) is 35.9 Å². The summed E-state index contributed by atoms with van der Waals surface area (Å²) in [6.45, 7) is 2.43. The molecule has 10 heteroatoms. The topological polar surface area (TPSA) is 177 Å². The van der Waals surface area contributed by atoms with Crippen molar-refractivity contribution >= 4 is 11.9 Å². The predicted molar refractivity (Wildman–Crippen MR) is 176 cm³/mol. The molecular weight excluding hydrogens is 574 g/mol. The second-order valence-electron chi connectivity index (χ2n) is 12.1. The van der Waals surface area contributed by atoms with Crippen LogP contribution in [0.5, 0.6) is 0 Å². The van der Waals surface area contributed by atoms with Crippen molar-refractivity contribution in [2.24, 2.45) is 11.5 Å². The third kappa shape index (κ3) is 19.8. The molecule has 6 unspecified atom stereocenters. The molecule has 1 aliphatic heterocycles. The summed E-state index contributed by atoms with van der Waals surface area (Å²) >= 11 is 0. The largest absolute Gasteiger partial charge is 0.463 e. The quantitative estimate of drug-likeness (QED) is 0.0526. The molecule has 0 aliphatic carbocycles. The number of ether oxygens (including phenoxy) is 2. The Balaban J connectivity index is 2.12. The van der Waals surface area contributed by atoms with Gasteiger partial charge in [-0.05, 0) is 50.5 Å². The number of hydrogen-bond acceptors (Lipinski definition) is 9. The number of rotatable bonds is 24. The predicted octanol–water partition coefficient (Wildman–Crippen LogP) is 3.57. The fourth-order valence-corrected chi connectivity index (χ4v) is 5.09. The lowest BCUT2D eigenvalue weighted by atomic mass is 9.98. The molecule has 1 fully saturated rings. The van der Waals surface area contributed by atoms with E-state index in [1.165, 1.54) is 51.4 Å². The zero-order valence-corrected chi connectivity index (χ0v) is 27.6. The number of unbranched alkanes of at least 4 members (excludes halogenated alkanes) is 15. The van der Waals surface area contributed by atoms with Crippen molar-refractivity contribution < 1.29 is 34.4 Å². The lowest BCUT2D eigenvalue weighted by Gasteiger charge is -2.40. The Morgan fingerprint density at radius 3 is 1.91 bits per heavy atom. The Kier molecular flexibility index (Phi) is 24.5. The summed E-state index contributed by atoms with van der Waals surface area (Å²) < 4.78 is 10.8. The Morgan fingerprint density at radius 1 is 0.778 bits per heavy atom. The number of carbonyl (C=O) groups excluding carboxylic acids is 2. The maximum absolute atomic E-state index is 12.4. The van der Waals surface area contributed by atoms with Crippen LogP contribution in [-0.2, 0) is 19.1 Å². The summed E-state index contributed by atoms with van der Waals surface area (Å²) in [5.41, 5.74) is 11.3. The molecular formula is C35H61N3O7. The number of amides is 1. The van der Waals surface area contributed by atoms with Gasteiger partial charge in [0.25, 0.3) is 0 Å². The molecule has 1 amide bonds. The number of nitrogens with one attached hydrogen (secondary N) is 1. The summed E-state index contributed by atoms with van der Waals surface area (Å²) in [6, 6.07) is -0.833. The highest BCUT2D eigenvalue weighted by Gasteiger charge is 2.45. The highest BCUT2D eigenvalue weighted by molar-refractivity contribution is 5.81. The fraction of sp³-hybridized carbons (Fsp3) is 0.829. The summed E-state index contributed by atoms with van der Waals surface area (Å²) in [4.78, 5) is 24.6. The van der Waals surface area contributed by atoms with Crippen LogP contribution in [0.1, 0.15) is 135 Å². The van der Waals surface area contributed by atoms with Gasteiger partial charge in [-0.3, -0.25) is 9.59 Å². The lowest BCUT2D eigenvalue weighted by molar-refractivity contribution is -0.238. The molecule has 6 atom stereocenters. The van der Waals surface area contributed by atoms with Crippen LogP contribution in [0.15, 0.2) is 0 Å². The van der Waals surface area contributed by atoms with Crippen LogP contribution in [0.3, 0.4) is 0 Å². The Morgan fingerprint density at radius 2 is 1.33 bits per heavy atom. The van der Waals surface area contributed by atoms with Gasteiger partial charge in [-0.15, -0.1) is 0 Å². The van der Waals surface area contributed by atoms with E-state index in [9.17, 15) is 24.9 Å². The number of hydrogen-bond donors (Lipinski definition) is 6. The van der Waals surface area contributed by atoms with E-state index in [1.807, 2.05) is 0 Å². The highest BCUT2D eigenvalue weighted by Crippen LogP contribution is 2.21. The van der Waals surface area contributed by atoms with E-state index in [-0.39, 0.29) is 13.0 Å². The van der Waals surface area contributed by atoms with Gasteiger partial charge in [0.15, 0.2) is 6.23 Å². The standard InChI is InChI=1S/C35H61N3O7/c1-2-3-4-5-6-7-8-9-10-11-12-13-14-15-16-17-18-19-20-21-25-30(39)44-27-29-31(40)32(41)33(42)35(45-29)38-34(43)28(37)24-22-23-26-36/h28-29,31-33,35,40-42H,2-10,15-27,36-37H2,1H3,(H,38,43). The van der Waals surface area contributed by atoms with E-state index >= 15 is 0 Å². The minimum Gasteiger partial charge on any atom is -0.463 e. The van der Waals surface area contributed by atoms with Gasteiger partial charge in [-0.2, -0.15) is 0 Å². The zero-order chi connectivity index (χ0) is 33.1. The van der Waals surface area contributed by atoms with Crippen molar-refractivity contribution in [2.45, 2.75) is 172 Å². The normalized spacial score (nSPS) is 21.6. The summed E-state index contributed by atoms with van der Waals surface area (Å²) in [6.07, 6.45) is 13.1. The van der Waals surface area contributed by atoms with Crippen LogP contribution in [-0.4, -0.2) is 77.0 Å². The minimum atomic E-state index is -1.59. The van der Waals surface area contributed by atoms with E-state index in [1.54, 1.807) is 0 Å². The molecule has 0 aromatic heterocycles. The number of esters is 1. The highest BCUT2D eigenvalue weighted by atomic mass is 16.6. The van der Waals surface area contributed by atoms with Gasteiger partial charge in [-0.25, -0.2) is 0 Å². The Hall–Kier alpha value is -2.18. The van der Waals surface area contributed by atoms with Gasteiger partial charge in [0.1, 0.15) is 31.0 Å². The van der Waals surface area contributed by atoms with Crippen LogP contribution < -0.4 is 16.8 Å². The lowest BCUT2D eigenvalue weighted by Crippen LogP contribution is -2.64. The smallest absolute Gasteiger partial charge is 0.305 e. The van der Waals surface area contributed by atoms with Crippen LogP contribution >= 0.6 is 0 Å². The molecule has 10 nitrogen and oxygen atoms in total. The first kappa shape index (κ1) is 40.8. The fourth-order valence-electron chi connectivity index (χ4n) is 5.09. The molecule has 0 bridgehead atoms. The van der Waals surface area contributed by atoms with Gasteiger partial charge in [0.2, 0.25) is 5.91 Å². The maximum atomic E-state index is 12.4. The van der Waals surface area contributed by atoms with Crippen molar-refractivity contribution in [2.75, 3.05) is 13.2 Å². The van der Waals surface area contributed by atoms with Gasteiger partial charge >= 0.3 is 5.97 Å². The summed E-state index contributed by atoms with van der Waals surface area (Å²) in [5.74, 6) is 11.2. The maximum Gasteiger partial charge on any atom is 0.305 e. The second-order valence-corrected chi connectivity index (χ2v) is 12.1. The van der Waals surface area contributed by atoms with Crippen LogP contribution in [0, 0.1) is 23.7 Å².